The second-order valence-electron chi connectivity index (χ2n) is 10.5. The third-order valence-electron chi connectivity index (χ3n) is 5.48. The van der Waals surface area contributed by atoms with Gasteiger partial charge in [-0.3, -0.25) is 9.59 Å². The molecular formula is C28H45N3O4. The maximum absolute atomic E-state index is 13.9. The number of carbonyl (C=O) groups is 3. The van der Waals surface area contributed by atoms with Crippen LogP contribution in [0.15, 0.2) is 30.8 Å². The number of hydrogen-bond acceptors (Lipinski definition) is 4. The van der Waals surface area contributed by atoms with Crippen LogP contribution in [0.1, 0.15) is 91.8 Å². The minimum atomic E-state index is -0.856. The van der Waals surface area contributed by atoms with Crippen LogP contribution in [0.3, 0.4) is 0 Å². The number of rotatable bonds is 12. The molecule has 7 nitrogen and oxygen atoms in total. The summed E-state index contributed by atoms with van der Waals surface area (Å²) >= 11 is 0. The number of hydrogen-bond donors (Lipinski definition) is 2. The summed E-state index contributed by atoms with van der Waals surface area (Å²) < 4.78 is 5.40. The van der Waals surface area contributed by atoms with E-state index in [-0.39, 0.29) is 23.8 Å². The van der Waals surface area contributed by atoms with Crippen molar-refractivity contribution in [3.8, 4) is 0 Å². The average molecular weight is 488 g/mol. The molecule has 0 aliphatic heterocycles. The van der Waals surface area contributed by atoms with Gasteiger partial charge in [0.1, 0.15) is 17.7 Å². The molecule has 1 aromatic carbocycles. The first kappa shape index (κ1) is 30.2. The fourth-order valence-electron chi connectivity index (χ4n) is 3.77. The molecule has 0 spiro atoms. The number of benzene rings is 1. The molecule has 0 aromatic heterocycles. The van der Waals surface area contributed by atoms with E-state index < -0.39 is 23.8 Å². The van der Waals surface area contributed by atoms with Crippen molar-refractivity contribution in [3.05, 3.63) is 42.0 Å². The van der Waals surface area contributed by atoms with Crippen molar-refractivity contribution in [3.63, 3.8) is 0 Å². The van der Waals surface area contributed by atoms with E-state index >= 15 is 0 Å². The molecule has 35 heavy (non-hydrogen) atoms. The number of nitrogens with one attached hydrogen (secondary N) is 2. The molecular weight excluding hydrogens is 442 g/mol. The summed E-state index contributed by atoms with van der Waals surface area (Å²) in [6.45, 7) is 19.2. The Morgan fingerprint density at radius 3 is 2.29 bits per heavy atom. The van der Waals surface area contributed by atoms with Crippen molar-refractivity contribution in [1.82, 2.24) is 15.5 Å². The van der Waals surface area contributed by atoms with Crippen LogP contribution in [0.5, 0.6) is 0 Å². The highest BCUT2D eigenvalue weighted by Crippen LogP contribution is 2.27. The number of amides is 3. The zero-order chi connectivity index (χ0) is 26.8. The molecule has 2 atom stereocenters. The van der Waals surface area contributed by atoms with Gasteiger partial charge in [0.15, 0.2) is 0 Å². The maximum atomic E-state index is 13.9. The molecule has 2 unspecified atom stereocenters. The Kier molecular flexibility index (Phi) is 12.0. The van der Waals surface area contributed by atoms with Crippen LogP contribution in [-0.2, 0) is 14.3 Å². The largest absolute Gasteiger partial charge is 0.444 e. The van der Waals surface area contributed by atoms with Gasteiger partial charge in [-0.15, -0.1) is 0 Å². The van der Waals surface area contributed by atoms with Gasteiger partial charge < -0.3 is 20.3 Å². The van der Waals surface area contributed by atoms with E-state index in [1.807, 2.05) is 52.0 Å². The summed E-state index contributed by atoms with van der Waals surface area (Å²) in [6.07, 6.45) is 3.97. The third kappa shape index (κ3) is 9.74. The Bertz CT molecular complexity index is 858. The summed E-state index contributed by atoms with van der Waals surface area (Å²) in [4.78, 5) is 41.6. The molecule has 0 fully saturated rings. The van der Waals surface area contributed by atoms with Gasteiger partial charge in [0, 0.05) is 12.6 Å². The highest BCUT2D eigenvalue weighted by Gasteiger charge is 2.38. The molecule has 0 saturated carbocycles. The van der Waals surface area contributed by atoms with Crippen molar-refractivity contribution < 1.29 is 19.1 Å². The molecule has 1 aromatic rings. The van der Waals surface area contributed by atoms with Gasteiger partial charge in [-0.05, 0) is 64.2 Å². The van der Waals surface area contributed by atoms with Crippen LogP contribution in [0.2, 0.25) is 0 Å². The Labute approximate surface area is 211 Å². The fraction of sp³-hybridized carbons (Fsp3) is 0.607. The van der Waals surface area contributed by atoms with Crippen molar-refractivity contribution in [2.75, 3.05) is 6.54 Å². The highest BCUT2D eigenvalue weighted by atomic mass is 16.6. The Morgan fingerprint density at radius 1 is 1.11 bits per heavy atom. The lowest BCUT2D eigenvalue weighted by atomic mass is 9.96. The highest BCUT2D eigenvalue weighted by molar-refractivity contribution is 5.92. The van der Waals surface area contributed by atoms with E-state index in [1.54, 1.807) is 31.7 Å². The van der Waals surface area contributed by atoms with Crippen LogP contribution in [0.25, 0.3) is 6.08 Å². The maximum Gasteiger partial charge on any atom is 0.408 e. The lowest BCUT2D eigenvalue weighted by Crippen LogP contribution is -2.56. The monoisotopic (exact) mass is 487 g/mol. The number of alkyl carbamates (subject to hydrolysis) is 1. The summed E-state index contributed by atoms with van der Waals surface area (Å²) in [6, 6.07) is 5.45. The van der Waals surface area contributed by atoms with E-state index in [9.17, 15) is 14.4 Å². The lowest BCUT2D eigenvalue weighted by Gasteiger charge is -2.38. The van der Waals surface area contributed by atoms with Crippen LogP contribution in [-0.4, -0.2) is 47.0 Å². The molecule has 7 heteroatoms. The zero-order valence-corrected chi connectivity index (χ0v) is 22.8. The van der Waals surface area contributed by atoms with Crippen LogP contribution < -0.4 is 10.6 Å². The van der Waals surface area contributed by atoms with Crippen molar-refractivity contribution in [1.29, 1.82) is 0 Å². The van der Waals surface area contributed by atoms with Gasteiger partial charge >= 0.3 is 6.09 Å². The summed E-state index contributed by atoms with van der Waals surface area (Å²) in [7, 11) is 0. The van der Waals surface area contributed by atoms with E-state index in [0.29, 0.717) is 12.1 Å². The number of carbonyl (C=O) groups excluding carboxylic acids is 3. The smallest absolute Gasteiger partial charge is 0.408 e. The van der Waals surface area contributed by atoms with E-state index in [4.69, 9.17) is 4.74 Å². The van der Waals surface area contributed by atoms with Crippen LogP contribution in [0, 0.1) is 5.92 Å². The minimum absolute atomic E-state index is 0.218. The first-order valence-electron chi connectivity index (χ1n) is 12.6. The van der Waals surface area contributed by atoms with Crippen LogP contribution in [0.4, 0.5) is 4.79 Å². The lowest BCUT2D eigenvalue weighted by molar-refractivity contribution is -0.145. The van der Waals surface area contributed by atoms with Gasteiger partial charge in [-0.2, -0.15) is 0 Å². The Morgan fingerprint density at radius 2 is 1.77 bits per heavy atom. The van der Waals surface area contributed by atoms with Crippen LogP contribution >= 0.6 is 0 Å². The fourth-order valence-corrected chi connectivity index (χ4v) is 3.77. The Balaban J connectivity index is 3.41. The number of unbranched alkanes of at least 4 members (excludes halogenated alkanes) is 2. The SMILES string of the molecule is C=Cc1cccc(C(C(=O)NCCCCC)N(C(=O)C(NC(=O)OC(C)(C)C)C(C)C)C(C)C)c1. The zero-order valence-electron chi connectivity index (χ0n) is 22.8. The van der Waals surface area contributed by atoms with Gasteiger partial charge in [-0.25, -0.2) is 4.79 Å². The standard InChI is InChI=1S/C28H45N3O4/c1-10-12-13-17-29-25(32)24(22-16-14-15-21(11-2)18-22)31(20(5)6)26(33)23(19(3)4)30-27(34)35-28(7,8)9/h11,14-16,18-20,23-24H,2,10,12-13,17H2,1,3-9H3,(H,29,32)(H,30,34). The second-order valence-corrected chi connectivity index (χ2v) is 10.5. The molecule has 0 aliphatic rings. The first-order chi connectivity index (χ1) is 16.3. The van der Waals surface area contributed by atoms with Crippen molar-refractivity contribution in [2.24, 2.45) is 5.92 Å². The topological polar surface area (TPSA) is 87.7 Å². The van der Waals surface area contributed by atoms with Crippen molar-refractivity contribution in [2.45, 2.75) is 98.4 Å². The quantitative estimate of drug-likeness (QED) is 0.383. The predicted octanol–water partition coefficient (Wildman–Crippen LogP) is 5.46. The molecule has 0 radical (unpaired) electrons. The molecule has 3 amide bonds. The van der Waals surface area contributed by atoms with Gasteiger partial charge in [0.25, 0.3) is 0 Å². The van der Waals surface area contributed by atoms with Gasteiger partial charge in [0.05, 0.1) is 0 Å². The minimum Gasteiger partial charge on any atom is -0.444 e. The molecule has 196 valence electrons. The van der Waals surface area contributed by atoms with E-state index in [2.05, 4.69) is 24.1 Å². The summed E-state index contributed by atoms with van der Waals surface area (Å²) in [5, 5.41) is 5.75. The molecule has 0 bridgehead atoms. The normalized spacial score (nSPS) is 13.2. The summed E-state index contributed by atoms with van der Waals surface area (Å²) in [5.41, 5.74) is 0.852. The average Bonchev–Trinajstić information content (AvgIpc) is 2.76. The van der Waals surface area contributed by atoms with E-state index in [0.717, 1.165) is 24.8 Å². The van der Waals surface area contributed by atoms with Gasteiger partial charge in [0.2, 0.25) is 11.8 Å². The van der Waals surface area contributed by atoms with E-state index in [1.165, 1.54) is 0 Å². The van der Waals surface area contributed by atoms with Crippen molar-refractivity contribution >= 4 is 24.0 Å². The predicted molar refractivity (Wildman–Crippen MR) is 142 cm³/mol. The molecule has 1 rings (SSSR count). The Hall–Kier alpha value is -2.83. The number of nitrogens with zero attached hydrogens (tertiary/aromatic N) is 1. The first-order valence-corrected chi connectivity index (χ1v) is 12.6. The van der Waals surface area contributed by atoms with Gasteiger partial charge in [-0.1, -0.05) is 64.5 Å². The molecule has 0 heterocycles. The second kappa shape index (κ2) is 13.9. The molecule has 0 aliphatic carbocycles. The molecule has 2 N–H and O–H groups in total. The number of ether oxygens (including phenoxy) is 1. The molecule has 0 saturated heterocycles. The third-order valence-corrected chi connectivity index (χ3v) is 5.48. The summed E-state index contributed by atoms with van der Waals surface area (Å²) in [5.74, 6) is -0.799.